The first-order valence-corrected chi connectivity index (χ1v) is 12.3. The number of halogens is 1. The first-order chi connectivity index (χ1) is 15.3. The van der Waals surface area contributed by atoms with Gasteiger partial charge in [0.1, 0.15) is 10.6 Å². The Morgan fingerprint density at radius 1 is 1.25 bits per heavy atom. The maximum Gasteiger partial charge on any atom is 0.267 e. The van der Waals surface area contributed by atoms with Gasteiger partial charge in [0, 0.05) is 29.7 Å². The van der Waals surface area contributed by atoms with Crippen molar-refractivity contribution in [1.29, 1.82) is 0 Å². The van der Waals surface area contributed by atoms with Crippen molar-refractivity contribution in [3.8, 4) is 17.0 Å². The molecule has 2 aromatic carbocycles. The molecule has 1 amide bonds. The summed E-state index contributed by atoms with van der Waals surface area (Å²) >= 11 is 7.25. The van der Waals surface area contributed by atoms with Gasteiger partial charge in [0.05, 0.1) is 30.4 Å². The Balaban J connectivity index is 1.51. The van der Waals surface area contributed by atoms with Gasteiger partial charge in [-0.15, -0.1) is 0 Å². The van der Waals surface area contributed by atoms with Crippen molar-refractivity contribution in [2.45, 2.75) is 16.6 Å². The zero-order chi connectivity index (χ0) is 22.9. The lowest BCUT2D eigenvalue weighted by Gasteiger charge is -2.28. The number of rotatable bonds is 6. The Kier molecular flexibility index (Phi) is 6.27. The third kappa shape index (κ3) is 4.25. The molecular weight excluding hydrogens is 472 g/mol. The normalized spacial score (nSPS) is 13.8. The average molecular weight is 491 g/mol. The van der Waals surface area contributed by atoms with Crippen molar-refractivity contribution in [2.24, 2.45) is 0 Å². The van der Waals surface area contributed by atoms with Crippen molar-refractivity contribution >= 4 is 45.0 Å². The zero-order valence-corrected chi connectivity index (χ0v) is 19.6. The summed E-state index contributed by atoms with van der Waals surface area (Å²) in [7, 11) is -0.728. The van der Waals surface area contributed by atoms with Crippen LogP contribution in [0, 0.1) is 0 Å². The first kappa shape index (κ1) is 22.4. The largest absolute Gasteiger partial charge is 0.496 e. The highest BCUT2D eigenvalue weighted by atomic mass is 35.5. The quantitative estimate of drug-likeness (QED) is 0.417. The van der Waals surface area contributed by atoms with E-state index in [0.717, 1.165) is 17.3 Å². The predicted molar refractivity (Wildman–Crippen MR) is 124 cm³/mol. The number of methoxy groups -OCH3 is 1. The molecule has 8 nitrogen and oxygen atoms in total. The van der Waals surface area contributed by atoms with Gasteiger partial charge in [-0.1, -0.05) is 41.6 Å². The van der Waals surface area contributed by atoms with Crippen LogP contribution >= 0.6 is 23.4 Å². The molecule has 0 radical (unpaired) electrons. The van der Waals surface area contributed by atoms with E-state index in [0.29, 0.717) is 33.7 Å². The van der Waals surface area contributed by atoms with Crippen LogP contribution in [0.2, 0.25) is 5.02 Å². The van der Waals surface area contributed by atoms with Gasteiger partial charge in [0.25, 0.3) is 10.0 Å². The van der Waals surface area contributed by atoms with E-state index in [4.69, 9.17) is 16.3 Å². The molecule has 0 aliphatic carbocycles. The molecular formula is C21H19ClN4O4S2. The smallest absolute Gasteiger partial charge is 0.267 e. The van der Waals surface area contributed by atoms with E-state index >= 15 is 0 Å². The fraction of sp³-hybridized carbons (Fsp3) is 0.190. The lowest BCUT2D eigenvalue weighted by Crippen LogP contribution is -2.31. The minimum atomic E-state index is -3.78. The van der Waals surface area contributed by atoms with E-state index in [9.17, 15) is 13.2 Å². The minimum absolute atomic E-state index is 0.000240. The number of anilines is 1. The highest BCUT2D eigenvalue weighted by Gasteiger charge is 2.34. The standard InChI is InChI=1S/C21H19ClN4O4S2/c1-26-16-8-7-14(22)9-15(16)20-18(32(26,28)29)11-24-21(25-20)31-12-19(27)23-10-13-5-3-4-6-17(13)30-2/h3-9,11H,10,12H2,1-2H3,(H,23,27). The number of ether oxygens (including phenoxy) is 1. The Morgan fingerprint density at radius 2 is 2.03 bits per heavy atom. The summed E-state index contributed by atoms with van der Waals surface area (Å²) in [6.07, 6.45) is 1.27. The number of thioether (sulfide) groups is 1. The van der Waals surface area contributed by atoms with E-state index in [2.05, 4.69) is 15.3 Å². The fourth-order valence-electron chi connectivity index (χ4n) is 3.28. The molecule has 0 atom stereocenters. The Morgan fingerprint density at radius 3 is 2.81 bits per heavy atom. The second-order valence-corrected chi connectivity index (χ2v) is 10.2. The number of carbonyl (C=O) groups is 1. The van der Waals surface area contributed by atoms with Gasteiger partial charge in [0.2, 0.25) is 5.91 Å². The molecule has 1 aliphatic heterocycles. The molecule has 0 bridgehead atoms. The van der Waals surface area contributed by atoms with Crippen molar-refractivity contribution in [2.75, 3.05) is 24.2 Å². The lowest BCUT2D eigenvalue weighted by atomic mass is 10.1. The van der Waals surface area contributed by atoms with Gasteiger partial charge in [-0.05, 0) is 24.3 Å². The second-order valence-electron chi connectivity index (χ2n) is 6.88. The Bertz CT molecular complexity index is 1300. The van der Waals surface area contributed by atoms with Crippen molar-refractivity contribution in [3.05, 3.63) is 59.2 Å². The van der Waals surface area contributed by atoms with Crippen molar-refractivity contribution < 1.29 is 17.9 Å². The Labute approximate surface area is 195 Å². The average Bonchev–Trinajstić information content (AvgIpc) is 2.80. The number of sulfonamides is 1. The second kappa shape index (κ2) is 8.97. The summed E-state index contributed by atoms with van der Waals surface area (Å²) in [6, 6.07) is 12.4. The molecule has 0 saturated heterocycles. The topological polar surface area (TPSA) is 101 Å². The molecule has 2 heterocycles. The van der Waals surface area contributed by atoms with Crippen LogP contribution in [0.3, 0.4) is 0 Å². The molecule has 3 aromatic rings. The third-order valence-corrected chi connectivity index (χ3v) is 7.79. The number of nitrogens with zero attached hydrogens (tertiary/aromatic N) is 3. The van der Waals surface area contributed by atoms with Crippen LogP contribution in [0.1, 0.15) is 5.56 Å². The van der Waals surface area contributed by atoms with Gasteiger partial charge in [0.15, 0.2) is 5.16 Å². The van der Waals surface area contributed by atoms with E-state index in [1.807, 2.05) is 24.3 Å². The first-order valence-electron chi connectivity index (χ1n) is 9.48. The van der Waals surface area contributed by atoms with E-state index in [1.54, 1.807) is 25.3 Å². The molecule has 4 rings (SSSR count). The summed E-state index contributed by atoms with van der Waals surface area (Å²) in [6.45, 7) is 0.324. The molecule has 1 aromatic heterocycles. The molecule has 32 heavy (non-hydrogen) atoms. The van der Waals surface area contributed by atoms with E-state index < -0.39 is 10.0 Å². The molecule has 0 unspecified atom stereocenters. The van der Waals surface area contributed by atoms with Gasteiger partial charge >= 0.3 is 0 Å². The number of amides is 1. The number of hydrogen-bond acceptors (Lipinski definition) is 7. The van der Waals surface area contributed by atoms with Crippen LogP contribution in [-0.4, -0.2) is 44.2 Å². The highest BCUT2D eigenvalue weighted by molar-refractivity contribution is 7.99. The number of aromatic nitrogens is 2. The summed E-state index contributed by atoms with van der Waals surface area (Å²) in [5, 5.41) is 3.59. The lowest BCUT2D eigenvalue weighted by molar-refractivity contribution is -0.118. The fourth-order valence-corrected chi connectivity index (χ4v) is 5.40. The molecule has 166 valence electrons. The third-order valence-electron chi connectivity index (χ3n) is 4.93. The van der Waals surface area contributed by atoms with Gasteiger partial charge < -0.3 is 10.1 Å². The zero-order valence-electron chi connectivity index (χ0n) is 17.2. The van der Waals surface area contributed by atoms with E-state index in [1.165, 1.54) is 17.5 Å². The number of carbonyl (C=O) groups excluding carboxylic acids is 1. The summed E-state index contributed by atoms with van der Waals surface area (Å²) in [5.41, 5.74) is 2.20. The van der Waals surface area contributed by atoms with Crippen LogP contribution in [0.4, 0.5) is 5.69 Å². The Hall–Kier alpha value is -2.82. The summed E-state index contributed by atoms with van der Waals surface area (Å²) < 4.78 is 32.1. The van der Waals surface area contributed by atoms with Crippen LogP contribution in [0.5, 0.6) is 5.75 Å². The van der Waals surface area contributed by atoms with Crippen molar-refractivity contribution in [3.63, 3.8) is 0 Å². The summed E-state index contributed by atoms with van der Waals surface area (Å²) in [5.74, 6) is 0.559. The maximum absolute atomic E-state index is 12.8. The minimum Gasteiger partial charge on any atom is -0.496 e. The number of fused-ring (bicyclic) bond motifs is 3. The SMILES string of the molecule is COc1ccccc1CNC(=O)CSc1ncc2c(n1)-c1cc(Cl)ccc1N(C)S2(=O)=O. The predicted octanol–water partition coefficient (Wildman–Crippen LogP) is 3.35. The van der Waals surface area contributed by atoms with Crippen LogP contribution in [0.25, 0.3) is 11.3 Å². The number of para-hydroxylation sites is 1. The maximum atomic E-state index is 12.8. The van der Waals surface area contributed by atoms with Gasteiger partial charge in [-0.3, -0.25) is 9.10 Å². The summed E-state index contributed by atoms with van der Waals surface area (Å²) in [4.78, 5) is 20.9. The molecule has 1 aliphatic rings. The van der Waals surface area contributed by atoms with Crippen LogP contribution in [-0.2, 0) is 21.4 Å². The molecule has 11 heteroatoms. The molecule has 0 saturated carbocycles. The van der Waals surface area contributed by atoms with Gasteiger partial charge in [-0.25, -0.2) is 18.4 Å². The number of nitrogens with one attached hydrogen (secondary N) is 1. The van der Waals surface area contributed by atoms with Crippen LogP contribution < -0.4 is 14.4 Å². The molecule has 0 fully saturated rings. The van der Waals surface area contributed by atoms with E-state index in [-0.39, 0.29) is 22.2 Å². The van der Waals surface area contributed by atoms with Gasteiger partial charge in [-0.2, -0.15) is 0 Å². The van der Waals surface area contributed by atoms with Crippen molar-refractivity contribution in [1.82, 2.24) is 15.3 Å². The highest BCUT2D eigenvalue weighted by Crippen LogP contribution is 2.42. The monoisotopic (exact) mass is 490 g/mol. The molecule has 1 N–H and O–H groups in total. The number of hydrogen-bond donors (Lipinski definition) is 1. The van der Waals surface area contributed by atoms with Crippen LogP contribution in [0.15, 0.2) is 58.7 Å². The number of benzene rings is 2. The molecule has 0 spiro atoms.